The molecule has 0 N–H and O–H groups in total. The quantitative estimate of drug-likeness (QED) is 0.153. The molecular weight excluding hydrogens is 654 g/mol. The summed E-state index contributed by atoms with van der Waals surface area (Å²) in [6.07, 6.45) is -6.58. The molecule has 2 aromatic carbocycles. The second-order valence-electron chi connectivity index (χ2n) is 11.1. The lowest BCUT2D eigenvalue weighted by atomic mass is 10.00. The minimum Gasteiger partial charge on any atom is -0.492 e. The van der Waals surface area contributed by atoms with Gasteiger partial charge in [0.25, 0.3) is 0 Å². The van der Waals surface area contributed by atoms with Crippen molar-refractivity contribution in [2.45, 2.75) is 81.5 Å². The first-order chi connectivity index (χ1) is 20.7. The summed E-state index contributed by atoms with van der Waals surface area (Å²) in [6.45, 7) is 5.35. The predicted octanol–water partition coefficient (Wildman–Crippen LogP) is 8.93. The zero-order valence-electron chi connectivity index (χ0n) is 25.5. The van der Waals surface area contributed by atoms with E-state index in [1.807, 2.05) is 0 Å². The number of hydrogen-bond acceptors (Lipinski definition) is 7. The number of ether oxygens (including phenoxy) is 1. The van der Waals surface area contributed by atoms with Crippen molar-refractivity contribution in [1.82, 2.24) is 0 Å². The molecule has 16 heteroatoms. The maximum Gasteiger partial charge on any atom is 0.420 e. The summed E-state index contributed by atoms with van der Waals surface area (Å²) in [4.78, 5) is 0.155. The van der Waals surface area contributed by atoms with Crippen LogP contribution in [0.4, 0.5) is 42.1 Å². The normalized spacial score (nSPS) is 20.3. The van der Waals surface area contributed by atoms with Gasteiger partial charge in [-0.25, -0.2) is 26.0 Å². The maximum absolute atomic E-state index is 15.9. The minimum absolute atomic E-state index is 0.00456. The lowest BCUT2D eigenvalue weighted by molar-refractivity contribution is -0.139. The van der Waals surface area contributed by atoms with Gasteiger partial charge in [-0.15, -0.1) is 0 Å². The second-order valence-corrected chi connectivity index (χ2v) is 15.7. The molecule has 0 spiro atoms. The molecule has 0 bridgehead atoms. The fourth-order valence-corrected chi connectivity index (χ4v) is 8.63. The van der Waals surface area contributed by atoms with Crippen LogP contribution < -0.4 is 9.64 Å². The molecule has 1 aliphatic heterocycles. The lowest BCUT2D eigenvalue weighted by Gasteiger charge is -2.35. The fraction of sp³-hybridized carbons (Fsp3) is 0.586. The van der Waals surface area contributed by atoms with E-state index in [2.05, 4.69) is 0 Å². The first-order valence-corrected chi connectivity index (χ1v) is 17.4. The molecule has 0 radical (unpaired) electrons. The van der Waals surface area contributed by atoms with E-state index >= 15 is 4.39 Å². The van der Waals surface area contributed by atoms with Crippen LogP contribution in [0.3, 0.4) is 0 Å². The van der Waals surface area contributed by atoms with Gasteiger partial charge in [0.15, 0.2) is 0 Å². The third-order valence-corrected chi connectivity index (χ3v) is 12.6. The molecule has 0 aliphatic carbocycles. The highest BCUT2D eigenvalue weighted by Gasteiger charge is 2.49. The number of nitrogens with zero attached hydrogens (tertiary/aromatic N) is 1. The van der Waals surface area contributed by atoms with Crippen molar-refractivity contribution in [3.63, 3.8) is 0 Å². The largest absolute Gasteiger partial charge is 0.492 e. The first-order valence-electron chi connectivity index (χ1n) is 14.3. The van der Waals surface area contributed by atoms with Gasteiger partial charge in [-0.1, -0.05) is 6.92 Å². The fourth-order valence-electron chi connectivity index (χ4n) is 4.94. The Bertz CT molecular complexity index is 1470. The van der Waals surface area contributed by atoms with E-state index in [1.54, 1.807) is 20.8 Å². The van der Waals surface area contributed by atoms with Crippen LogP contribution in [-0.4, -0.2) is 51.4 Å². The van der Waals surface area contributed by atoms with Gasteiger partial charge < -0.3 is 18.7 Å². The van der Waals surface area contributed by atoms with Crippen molar-refractivity contribution in [3.8, 4) is 5.75 Å². The van der Waals surface area contributed by atoms with Gasteiger partial charge in [0.1, 0.15) is 23.3 Å². The van der Waals surface area contributed by atoms with Gasteiger partial charge >= 0.3 is 13.8 Å². The van der Waals surface area contributed by atoms with Gasteiger partial charge in [0.05, 0.1) is 29.4 Å². The van der Waals surface area contributed by atoms with Crippen LogP contribution in [0.1, 0.15) is 59.4 Å². The van der Waals surface area contributed by atoms with Crippen LogP contribution in [-0.2, 0) is 29.6 Å². The predicted molar refractivity (Wildman–Crippen MR) is 155 cm³/mol. The molecule has 0 amide bonds. The van der Waals surface area contributed by atoms with E-state index < -0.39 is 99.8 Å². The van der Waals surface area contributed by atoms with E-state index in [0.717, 1.165) is 29.2 Å². The molecular formula is C29H37F7NO6PS. The van der Waals surface area contributed by atoms with E-state index in [9.17, 15) is 39.3 Å². The number of rotatable bonds is 13. The molecule has 0 saturated carbocycles. The lowest BCUT2D eigenvalue weighted by Crippen LogP contribution is -2.34. The highest BCUT2D eigenvalue weighted by atomic mass is 32.2. The van der Waals surface area contributed by atoms with Crippen molar-refractivity contribution in [1.29, 1.82) is 0 Å². The summed E-state index contributed by atoms with van der Waals surface area (Å²) in [5, 5.41) is -1.48. The summed E-state index contributed by atoms with van der Waals surface area (Å²) >= 11 is 0. The van der Waals surface area contributed by atoms with E-state index in [0.29, 0.717) is 19.1 Å². The van der Waals surface area contributed by atoms with Crippen molar-refractivity contribution in [2.24, 2.45) is 5.92 Å². The van der Waals surface area contributed by atoms with Crippen molar-refractivity contribution >= 4 is 28.8 Å². The molecule has 3 rings (SSSR count). The van der Waals surface area contributed by atoms with Crippen LogP contribution in [0, 0.1) is 11.7 Å². The van der Waals surface area contributed by atoms with E-state index in [4.69, 9.17) is 13.8 Å². The topological polar surface area (TPSA) is 82.1 Å². The molecule has 254 valence electrons. The van der Waals surface area contributed by atoms with Crippen LogP contribution in [0.2, 0.25) is 0 Å². The highest BCUT2D eigenvalue weighted by Crippen LogP contribution is 2.61. The smallest absolute Gasteiger partial charge is 0.420 e. The summed E-state index contributed by atoms with van der Waals surface area (Å²) in [5.74, 6) is -6.57. The van der Waals surface area contributed by atoms with Gasteiger partial charge in [0.2, 0.25) is 21.3 Å². The number of benzene rings is 2. The molecule has 2 aromatic rings. The van der Waals surface area contributed by atoms with Gasteiger partial charge in [-0.05, 0) is 70.9 Å². The average Bonchev–Trinajstić information content (AvgIpc) is 3.02. The monoisotopic (exact) mass is 691 g/mol. The molecule has 7 nitrogen and oxygen atoms in total. The Morgan fingerprint density at radius 3 is 2.04 bits per heavy atom. The third kappa shape index (κ3) is 8.15. The summed E-state index contributed by atoms with van der Waals surface area (Å²) < 4.78 is 158. The summed E-state index contributed by atoms with van der Waals surface area (Å²) in [7, 11) is -9.06. The average molecular weight is 692 g/mol. The SMILES string of the molecule is CCOP(=O)(OCC)[C@](C)(CC)COc1cc2c(cc1C(F)(F)F)N(c1ccc(F)cc1)C[C@@H](CCC(C)(F)F)[C@@H](F)S2(=O)=O. The number of hydrogen-bond donors (Lipinski definition) is 0. The van der Waals surface area contributed by atoms with Crippen molar-refractivity contribution in [2.75, 3.05) is 31.3 Å². The van der Waals surface area contributed by atoms with Crippen molar-refractivity contribution < 1.29 is 57.5 Å². The molecule has 0 fully saturated rings. The molecule has 45 heavy (non-hydrogen) atoms. The third-order valence-electron chi connectivity index (χ3n) is 7.70. The Labute approximate surface area is 258 Å². The van der Waals surface area contributed by atoms with Crippen LogP contribution in [0.25, 0.3) is 0 Å². The van der Waals surface area contributed by atoms with Gasteiger partial charge in [0, 0.05) is 30.6 Å². The Morgan fingerprint density at radius 1 is 0.978 bits per heavy atom. The van der Waals surface area contributed by atoms with Crippen LogP contribution >= 0.6 is 7.60 Å². The molecule has 0 aromatic heterocycles. The van der Waals surface area contributed by atoms with E-state index in [-0.39, 0.29) is 25.3 Å². The number of halogens is 7. The number of fused-ring (bicyclic) bond motifs is 1. The van der Waals surface area contributed by atoms with E-state index in [1.165, 1.54) is 6.92 Å². The molecule has 1 heterocycles. The van der Waals surface area contributed by atoms with Crippen molar-refractivity contribution in [3.05, 3.63) is 47.8 Å². The molecule has 3 atom stereocenters. The van der Waals surface area contributed by atoms with Gasteiger partial charge in [-0.3, -0.25) is 4.57 Å². The standard InChI is InChI=1S/C29H37F7NO6PS/c1-6-27(4,44(38,42-7-2)43-8-3)18-41-24-16-25-23(15-22(24)29(34,35)36)37(21-11-9-20(30)10-12-21)17-19(13-14-28(5,32)33)26(31)45(25,39)40/h9-12,15-16,19,26H,6-8,13-14,17-18H2,1-5H3/t19-,26+,27-/m1/s1. The molecule has 0 unspecified atom stereocenters. The maximum atomic E-state index is 15.9. The number of alkyl halides is 6. The Balaban J connectivity index is 2.24. The minimum atomic E-state index is -5.13. The summed E-state index contributed by atoms with van der Waals surface area (Å²) in [6, 6.07) is 5.26. The Kier molecular flexibility index (Phi) is 11.4. The highest BCUT2D eigenvalue weighted by molar-refractivity contribution is 7.92. The number of sulfone groups is 1. The zero-order valence-corrected chi connectivity index (χ0v) is 27.2. The first kappa shape index (κ1) is 37.1. The van der Waals surface area contributed by atoms with Crippen LogP contribution in [0.5, 0.6) is 5.75 Å². The zero-order chi connectivity index (χ0) is 34.0. The molecule has 0 saturated heterocycles. The Hall–Kier alpha value is -2.35. The van der Waals surface area contributed by atoms with Gasteiger partial charge in [-0.2, -0.15) is 13.2 Å². The summed E-state index contributed by atoms with van der Waals surface area (Å²) in [5.41, 5.74) is -4.79. The molecule has 1 aliphatic rings. The number of anilines is 2. The van der Waals surface area contributed by atoms with Crippen LogP contribution in [0.15, 0.2) is 41.3 Å². The Morgan fingerprint density at radius 2 is 1.56 bits per heavy atom. The second kappa shape index (κ2) is 13.8.